The van der Waals surface area contributed by atoms with E-state index in [2.05, 4.69) is 27.7 Å². The number of halogens is 3. The first-order valence-electron chi connectivity index (χ1n) is 8.89. The monoisotopic (exact) mass is 352 g/mol. The largest absolute Gasteiger partial charge is 0.464 e. The molecule has 1 aromatic carbocycles. The molecule has 4 aliphatic rings. The van der Waals surface area contributed by atoms with E-state index in [-0.39, 0.29) is 29.0 Å². The molecule has 3 saturated carbocycles. The van der Waals surface area contributed by atoms with E-state index in [0.717, 1.165) is 31.2 Å². The van der Waals surface area contributed by atoms with Crippen LogP contribution in [0, 0.1) is 5.41 Å². The second kappa shape index (κ2) is 4.83. The van der Waals surface area contributed by atoms with Gasteiger partial charge in [0.25, 0.3) is 0 Å². The van der Waals surface area contributed by atoms with E-state index in [9.17, 15) is 13.2 Å². The van der Waals surface area contributed by atoms with Gasteiger partial charge in [-0.3, -0.25) is 0 Å². The van der Waals surface area contributed by atoms with Crippen molar-refractivity contribution < 1.29 is 22.5 Å². The standard InChI is InChI=1S/C19H24BF3O2/c1-15(2)16(3,4)25-20(24-15)18-10-17(11-18,12-18)9-13-5-7-14(8-6-13)19(21,22)23/h5-8H,9-12H2,1-4H3. The van der Waals surface area contributed by atoms with Crippen molar-refractivity contribution in [2.24, 2.45) is 5.41 Å². The molecule has 0 spiro atoms. The predicted molar refractivity (Wildman–Crippen MR) is 90.2 cm³/mol. The van der Waals surface area contributed by atoms with Gasteiger partial charge in [-0.05, 0) is 76.5 Å². The number of alkyl halides is 3. The third-order valence-corrected chi connectivity index (χ3v) is 6.79. The van der Waals surface area contributed by atoms with Crippen LogP contribution in [0.5, 0.6) is 0 Å². The van der Waals surface area contributed by atoms with Crippen LogP contribution in [0.3, 0.4) is 0 Å². The number of rotatable bonds is 3. The summed E-state index contributed by atoms with van der Waals surface area (Å²) in [5.41, 5.74) is 0.00259. The third-order valence-electron chi connectivity index (χ3n) is 6.79. The molecular weight excluding hydrogens is 328 g/mol. The highest BCUT2D eigenvalue weighted by molar-refractivity contribution is 6.51. The minimum atomic E-state index is -4.27. The molecule has 0 amide bonds. The molecule has 25 heavy (non-hydrogen) atoms. The van der Waals surface area contributed by atoms with Crippen LogP contribution in [0.1, 0.15) is 58.1 Å². The van der Waals surface area contributed by atoms with Crippen LogP contribution in [0.4, 0.5) is 13.2 Å². The lowest BCUT2D eigenvalue weighted by molar-refractivity contribution is -0.137. The lowest BCUT2D eigenvalue weighted by atomic mass is 9.23. The Hall–Kier alpha value is -1.01. The van der Waals surface area contributed by atoms with Gasteiger partial charge >= 0.3 is 13.3 Å². The highest BCUT2D eigenvalue weighted by Crippen LogP contribution is 2.81. The molecular formula is C19H24BF3O2. The van der Waals surface area contributed by atoms with Crippen molar-refractivity contribution in [3.63, 3.8) is 0 Å². The zero-order valence-corrected chi connectivity index (χ0v) is 15.2. The van der Waals surface area contributed by atoms with Crippen molar-refractivity contribution in [2.45, 2.75) is 76.1 Å². The normalized spacial score (nSPS) is 35.2. The summed E-state index contributed by atoms with van der Waals surface area (Å²) in [5, 5.41) is 0.108. The summed E-state index contributed by atoms with van der Waals surface area (Å²) >= 11 is 0. The minimum Gasteiger partial charge on any atom is -0.403 e. The average Bonchev–Trinajstić information content (AvgIpc) is 2.60. The lowest BCUT2D eigenvalue weighted by Crippen LogP contribution is -2.64. The molecule has 0 atom stereocenters. The summed E-state index contributed by atoms with van der Waals surface area (Å²) in [4.78, 5) is 0. The summed E-state index contributed by atoms with van der Waals surface area (Å²) in [7, 11) is -0.160. The molecule has 2 bridgehead atoms. The van der Waals surface area contributed by atoms with Gasteiger partial charge in [-0.15, -0.1) is 0 Å². The summed E-state index contributed by atoms with van der Waals surface area (Å²) in [5.74, 6) is 0. The van der Waals surface area contributed by atoms with Gasteiger partial charge in [0.05, 0.1) is 16.8 Å². The Bertz CT molecular complexity index is 658. The van der Waals surface area contributed by atoms with Crippen molar-refractivity contribution in [1.29, 1.82) is 0 Å². The Kier molecular flexibility index (Phi) is 3.36. The molecule has 6 heteroatoms. The highest BCUT2D eigenvalue weighted by atomic mass is 19.4. The first-order valence-corrected chi connectivity index (χ1v) is 8.89. The van der Waals surface area contributed by atoms with Crippen molar-refractivity contribution in [1.82, 2.24) is 0 Å². The molecule has 0 unspecified atom stereocenters. The topological polar surface area (TPSA) is 18.5 Å². The first kappa shape index (κ1) is 17.4. The van der Waals surface area contributed by atoms with Gasteiger partial charge in [0.1, 0.15) is 0 Å². The molecule has 1 aromatic rings. The predicted octanol–water partition coefficient (Wildman–Crippen LogP) is 5.26. The molecule has 1 saturated heterocycles. The Morgan fingerprint density at radius 3 is 1.84 bits per heavy atom. The van der Waals surface area contributed by atoms with E-state index in [1.165, 1.54) is 12.1 Å². The van der Waals surface area contributed by atoms with Gasteiger partial charge in [0.2, 0.25) is 0 Å². The van der Waals surface area contributed by atoms with E-state index in [0.29, 0.717) is 0 Å². The van der Waals surface area contributed by atoms with Crippen LogP contribution in [0.15, 0.2) is 24.3 Å². The van der Waals surface area contributed by atoms with Gasteiger partial charge < -0.3 is 9.31 Å². The van der Waals surface area contributed by atoms with E-state index < -0.39 is 11.7 Å². The van der Waals surface area contributed by atoms with Crippen LogP contribution in [0.25, 0.3) is 0 Å². The molecule has 1 aliphatic heterocycles. The fraction of sp³-hybridized carbons (Fsp3) is 0.684. The number of benzene rings is 1. The minimum absolute atomic E-state index is 0.108. The summed E-state index contributed by atoms with van der Waals surface area (Å²) < 4.78 is 50.4. The molecule has 0 aromatic heterocycles. The maximum absolute atomic E-state index is 12.7. The summed E-state index contributed by atoms with van der Waals surface area (Å²) in [6, 6.07) is 5.60. The average molecular weight is 352 g/mol. The van der Waals surface area contributed by atoms with Gasteiger partial charge in [-0.25, -0.2) is 0 Å². The Balaban J connectivity index is 1.38. The quantitative estimate of drug-likeness (QED) is 0.691. The summed E-state index contributed by atoms with van der Waals surface area (Å²) in [6.07, 6.45) is -0.310. The maximum Gasteiger partial charge on any atom is 0.464 e. The van der Waals surface area contributed by atoms with Gasteiger partial charge in [0, 0.05) is 5.31 Å². The van der Waals surface area contributed by atoms with Crippen LogP contribution < -0.4 is 0 Å². The Morgan fingerprint density at radius 1 is 0.920 bits per heavy atom. The molecule has 5 rings (SSSR count). The van der Waals surface area contributed by atoms with Crippen molar-refractivity contribution in [3.8, 4) is 0 Å². The van der Waals surface area contributed by atoms with Crippen LogP contribution in [-0.2, 0) is 21.9 Å². The van der Waals surface area contributed by atoms with E-state index in [4.69, 9.17) is 9.31 Å². The zero-order valence-electron chi connectivity index (χ0n) is 15.2. The second-order valence-electron chi connectivity index (χ2n) is 9.35. The fourth-order valence-corrected chi connectivity index (χ4v) is 4.86. The molecule has 0 N–H and O–H groups in total. The van der Waals surface area contributed by atoms with Crippen molar-refractivity contribution in [2.75, 3.05) is 0 Å². The zero-order chi connectivity index (χ0) is 18.3. The molecule has 3 aliphatic carbocycles. The Morgan fingerprint density at radius 2 is 1.40 bits per heavy atom. The van der Waals surface area contributed by atoms with Gasteiger partial charge in [-0.1, -0.05) is 12.1 Å². The molecule has 2 nitrogen and oxygen atoms in total. The third kappa shape index (κ3) is 2.55. The first-order chi connectivity index (χ1) is 11.4. The number of hydrogen-bond donors (Lipinski definition) is 0. The lowest BCUT2D eigenvalue weighted by Gasteiger charge is -2.71. The molecule has 1 heterocycles. The smallest absolute Gasteiger partial charge is 0.403 e. The van der Waals surface area contributed by atoms with Gasteiger partial charge in [-0.2, -0.15) is 13.2 Å². The van der Waals surface area contributed by atoms with Crippen molar-refractivity contribution >= 4 is 7.12 Å². The fourth-order valence-electron chi connectivity index (χ4n) is 4.86. The summed E-state index contributed by atoms with van der Waals surface area (Å²) in [6.45, 7) is 8.26. The van der Waals surface area contributed by atoms with E-state index >= 15 is 0 Å². The molecule has 4 fully saturated rings. The number of hydrogen-bond acceptors (Lipinski definition) is 2. The molecule has 0 radical (unpaired) electrons. The van der Waals surface area contributed by atoms with Crippen LogP contribution in [0.2, 0.25) is 5.31 Å². The van der Waals surface area contributed by atoms with Crippen LogP contribution in [-0.4, -0.2) is 18.3 Å². The Labute approximate surface area is 147 Å². The molecule has 136 valence electrons. The highest BCUT2D eigenvalue weighted by Gasteiger charge is 2.76. The SMILES string of the molecule is CC1(C)OB(C23CC(Cc4ccc(C(F)(F)F)cc4)(C2)C3)OC1(C)C. The van der Waals surface area contributed by atoms with Gasteiger partial charge in [0.15, 0.2) is 0 Å². The van der Waals surface area contributed by atoms with Crippen molar-refractivity contribution in [3.05, 3.63) is 35.4 Å². The van der Waals surface area contributed by atoms with E-state index in [1.807, 2.05) is 0 Å². The second-order valence-corrected chi connectivity index (χ2v) is 9.35. The van der Waals surface area contributed by atoms with Crippen LogP contribution >= 0.6 is 0 Å². The maximum atomic E-state index is 12.7. The van der Waals surface area contributed by atoms with E-state index in [1.54, 1.807) is 12.1 Å².